The maximum atomic E-state index is 13.4. The van der Waals surface area contributed by atoms with E-state index in [9.17, 15) is 14.2 Å². The third-order valence-electron chi connectivity index (χ3n) is 15.2. The average Bonchev–Trinajstić information content (AvgIpc) is 4.09. The summed E-state index contributed by atoms with van der Waals surface area (Å²) >= 11 is 1.67. The number of likely N-dealkylation sites (tertiary alicyclic amines) is 1. The standard InChI is InChI=1S/2C18H25NS.C12H13F2N2.C6H15N.2CH3.5ClH.2Ti/c2*1-11-12(2)17-16(10-20-18(17)13(11)3)14-6-8-15(9-7-14)19(4)5;13-9-5-4-6-10(14)11(9)12(15)16-7-2-1-3-8-16;1-4-7(5-2)6-3;;;;;;;;;/h2*6-13,17-18H,1-5H3;4-6H,1-3,7-8H2;4-6H2,1-3H3;2*1H3;5*1H;;/q;;-1;;2*-1;;;;;;+2;+4/p-5. The number of nitrogens with zero attached hydrogens (tertiary/aromatic N) is 5. The molecular formula is C56H84Cl5F2N5S2Ti2-2. The number of thioether (sulfide) groups is 2. The number of allylic oxidation sites excluding steroid dienone is 2. The summed E-state index contributed by atoms with van der Waals surface area (Å²) in [5.41, 5.74) is 8.23. The molecule has 0 bridgehead atoms. The molecule has 3 fully saturated rings. The summed E-state index contributed by atoms with van der Waals surface area (Å²) in [4.78, 5) is 8.32. The zero-order valence-electron chi connectivity index (χ0n) is 45.6. The monoisotopic (exact) mass is 1200 g/mol. The first kappa shape index (κ1) is 69.6. The van der Waals surface area contributed by atoms with Gasteiger partial charge >= 0.3 is 78.2 Å². The molecular weight excluding hydrogens is 1120 g/mol. The summed E-state index contributed by atoms with van der Waals surface area (Å²) in [5.74, 6) is 4.69. The Morgan fingerprint density at radius 3 is 1.24 bits per heavy atom. The molecule has 10 atom stereocenters. The minimum atomic E-state index is -1.92. The predicted octanol–water partition coefficient (Wildman–Crippen LogP) is 18.0. The maximum absolute atomic E-state index is 13.4. The van der Waals surface area contributed by atoms with E-state index in [1.165, 1.54) is 48.2 Å². The van der Waals surface area contributed by atoms with Crippen LogP contribution in [0.1, 0.15) is 98.3 Å². The normalized spacial score (nSPS) is 25.1. The Morgan fingerprint density at radius 1 is 0.611 bits per heavy atom. The van der Waals surface area contributed by atoms with Crippen LogP contribution in [0.2, 0.25) is 0 Å². The molecule has 3 heterocycles. The van der Waals surface area contributed by atoms with E-state index in [0.717, 1.165) is 89.2 Å². The van der Waals surface area contributed by atoms with Gasteiger partial charge < -0.3 is 39.9 Å². The fourth-order valence-electron chi connectivity index (χ4n) is 10.3. The van der Waals surface area contributed by atoms with Gasteiger partial charge in [-0.1, -0.05) is 118 Å². The number of anilines is 2. The van der Waals surface area contributed by atoms with Gasteiger partial charge in [-0.25, -0.2) is 8.78 Å². The molecule has 8 rings (SSSR count). The zero-order chi connectivity index (χ0) is 52.4. The van der Waals surface area contributed by atoms with E-state index >= 15 is 0 Å². The first-order chi connectivity index (χ1) is 33.2. The molecule has 3 aliphatic heterocycles. The summed E-state index contributed by atoms with van der Waals surface area (Å²) in [5, 5.41) is 16.3. The number of hydrogen-bond acceptors (Lipinski definition) is 5. The molecule has 1 saturated heterocycles. The molecule has 2 aliphatic carbocycles. The van der Waals surface area contributed by atoms with Crippen LogP contribution in [0.4, 0.5) is 20.2 Å². The summed E-state index contributed by atoms with van der Waals surface area (Å²) in [6.07, 6.45) is 2.99. The molecule has 5 nitrogen and oxygen atoms in total. The molecule has 0 amide bonds. The molecule has 0 radical (unpaired) electrons. The maximum Gasteiger partial charge on any atom is 0.133 e. The van der Waals surface area contributed by atoms with Crippen LogP contribution in [0.3, 0.4) is 0 Å². The van der Waals surface area contributed by atoms with Gasteiger partial charge in [-0.05, 0) is 138 Å². The first-order valence-electron chi connectivity index (χ1n) is 24.7. The zero-order valence-corrected chi connectivity index (χ0v) is 54.2. The van der Waals surface area contributed by atoms with Crippen LogP contribution in [-0.4, -0.2) is 87.0 Å². The van der Waals surface area contributed by atoms with E-state index in [-0.39, 0.29) is 26.3 Å². The van der Waals surface area contributed by atoms with Gasteiger partial charge in [-0.15, -0.1) is 23.5 Å². The number of rotatable bonds is 8. The second-order valence-electron chi connectivity index (χ2n) is 19.3. The molecule has 404 valence electrons. The Bertz CT molecular complexity index is 1950. The van der Waals surface area contributed by atoms with Crippen LogP contribution in [-0.2, 0) is 31.7 Å². The Balaban J connectivity index is 0.000000473. The quantitative estimate of drug-likeness (QED) is 0.0968. The van der Waals surface area contributed by atoms with Crippen molar-refractivity contribution in [2.75, 3.05) is 70.7 Å². The number of fused-ring (bicyclic) bond motifs is 2. The Hall–Kier alpha value is -0.391. The largest absolute Gasteiger partial charge is 0.468 e. The van der Waals surface area contributed by atoms with Gasteiger partial charge in [0.05, 0.1) is 0 Å². The smallest absolute Gasteiger partial charge is 0.133 e. The second kappa shape index (κ2) is 35.2. The van der Waals surface area contributed by atoms with Gasteiger partial charge in [0.15, 0.2) is 0 Å². The molecule has 0 spiro atoms. The third kappa shape index (κ3) is 19.5. The van der Waals surface area contributed by atoms with Gasteiger partial charge in [0.25, 0.3) is 0 Å². The number of piperidine rings is 1. The molecule has 72 heavy (non-hydrogen) atoms. The molecule has 2 saturated carbocycles. The first-order valence-corrected chi connectivity index (χ1v) is 37.4. The van der Waals surface area contributed by atoms with Gasteiger partial charge in [-0.2, -0.15) is 0 Å². The van der Waals surface area contributed by atoms with E-state index in [2.05, 4.69) is 188 Å². The number of benzene rings is 3. The van der Waals surface area contributed by atoms with E-state index in [0.29, 0.717) is 13.1 Å². The van der Waals surface area contributed by atoms with E-state index in [1.54, 1.807) is 16.0 Å². The van der Waals surface area contributed by atoms with Crippen molar-refractivity contribution in [1.29, 1.82) is 0 Å². The molecule has 3 aromatic rings. The topological polar surface area (TPSA) is 35.3 Å². The minimum absolute atomic E-state index is 0. The van der Waals surface area contributed by atoms with Gasteiger partial charge in [-0.3, -0.25) is 0 Å². The van der Waals surface area contributed by atoms with Crippen LogP contribution < -0.4 is 9.80 Å². The van der Waals surface area contributed by atoms with Crippen LogP contribution in [0.15, 0.2) is 77.5 Å². The minimum Gasteiger partial charge on any atom is -0.468 e. The number of halogens is 7. The van der Waals surface area contributed by atoms with Crippen molar-refractivity contribution in [2.45, 2.75) is 92.1 Å². The second-order valence-corrected chi connectivity index (χ2v) is 31.7. The summed E-state index contributed by atoms with van der Waals surface area (Å²) in [6.45, 7) is 26.1. The number of amidine groups is 1. The molecule has 5 aliphatic rings. The molecule has 0 N–H and O–H groups in total. The Kier molecular flexibility index (Phi) is 34.0. The Morgan fingerprint density at radius 2 is 0.944 bits per heavy atom. The molecule has 3 aromatic carbocycles. The average molecular weight is 1200 g/mol. The van der Waals surface area contributed by atoms with Gasteiger partial charge in [0.2, 0.25) is 0 Å². The fourth-order valence-corrected chi connectivity index (χ4v) is 13.6. The van der Waals surface area contributed by atoms with Gasteiger partial charge in [0.1, 0.15) is 11.6 Å². The van der Waals surface area contributed by atoms with Crippen LogP contribution in [0, 0.1) is 73.8 Å². The van der Waals surface area contributed by atoms with Crippen molar-refractivity contribution < 1.29 is 40.5 Å². The van der Waals surface area contributed by atoms with E-state index in [4.69, 9.17) is 46.5 Å². The van der Waals surface area contributed by atoms with Crippen LogP contribution in [0.5, 0.6) is 0 Å². The summed E-state index contributed by atoms with van der Waals surface area (Å²) in [6, 6.07) is 21.7. The van der Waals surface area contributed by atoms with Crippen molar-refractivity contribution in [2.24, 2.45) is 47.3 Å². The van der Waals surface area contributed by atoms with Gasteiger partial charge in [0, 0.05) is 67.5 Å². The molecule has 16 heteroatoms. The summed E-state index contributed by atoms with van der Waals surface area (Å²) in [7, 11) is 33.1. The van der Waals surface area contributed by atoms with Crippen molar-refractivity contribution in [3.63, 3.8) is 0 Å². The van der Waals surface area contributed by atoms with Crippen molar-refractivity contribution in [3.8, 4) is 0 Å². The predicted molar refractivity (Wildman–Crippen MR) is 317 cm³/mol. The van der Waals surface area contributed by atoms with Crippen LogP contribution in [0.25, 0.3) is 16.6 Å². The molecule has 10 unspecified atom stereocenters. The Labute approximate surface area is 480 Å². The van der Waals surface area contributed by atoms with Crippen molar-refractivity contribution in [1.82, 2.24) is 9.80 Å². The van der Waals surface area contributed by atoms with Crippen molar-refractivity contribution >= 4 is 98.4 Å². The number of hydrogen-bond donors (Lipinski definition) is 0. The SMILES string of the molecule is CC1C(C)C2SC=C(c3ccc(N(C)C)cc3)C2C1C.CC1C(C)C2SC=C(c3ccc(N(C)C)cc3)C2C1C.CCN(CC)CC.[CH3-].[CH3-].[Cl][Ti+]([Cl])[Cl].[Cl][Ti][Cl].[N-]=C(c1c(F)cccc1F)N1CCCCC1. The van der Waals surface area contributed by atoms with Crippen molar-refractivity contribution in [3.05, 3.63) is 126 Å². The molecule has 0 aromatic heterocycles. The van der Waals surface area contributed by atoms with E-state index in [1.807, 2.05) is 0 Å². The third-order valence-corrected chi connectivity index (χ3v) is 18.1. The van der Waals surface area contributed by atoms with E-state index < -0.39 is 43.4 Å². The summed E-state index contributed by atoms with van der Waals surface area (Å²) < 4.78 is 26.8. The van der Waals surface area contributed by atoms with Crippen LogP contribution >= 0.6 is 70.0 Å². The fraction of sp³-hybridized carbons (Fsp3) is 0.554.